The summed E-state index contributed by atoms with van der Waals surface area (Å²) in [5.41, 5.74) is 9.33. The number of benzene rings is 1. The molecule has 1 heterocycles. The maximum Gasteiger partial charge on any atom is 0.189 e. The van der Waals surface area contributed by atoms with Crippen molar-refractivity contribution in [2.75, 3.05) is 19.6 Å². The van der Waals surface area contributed by atoms with Crippen LogP contribution in [-0.4, -0.2) is 42.7 Å². The second-order valence-electron chi connectivity index (χ2n) is 6.78. The summed E-state index contributed by atoms with van der Waals surface area (Å²) in [5.74, 6) is 0.457. The molecule has 2 rings (SSSR count). The zero-order valence-electron chi connectivity index (χ0n) is 15.1. The molecular formula is C19H30N4O. The van der Waals surface area contributed by atoms with Gasteiger partial charge in [-0.15, -0.1) is 0 Å². The highest BCUT2D eigenvalue weighted by Crippen LogP contribution is 2.15. The standard InChI is InChI=1S/C19H30N4O/c1-14(2)9-21-19(20)22-10-17-5-7-18(8-6-17)13-23-11-15(3)24-16(4)12-23/h5-8,15-16H,1,9-13H2,2-4H3,(H3,20,21,22). The van der Waals surface area contributed by atoms with Gasteiger partial charge in [-0.1, -0.05) is 36.4 Å². The minimum Gasteiger partial charge on any atom is -0.373 e. The summed E-state index contributed by atoms with van der Waals surface area (Å²) in [5, 5.41) is 3.04. The van der Waals surface area contributed by atoms with Gasteiger partial charge in [0.1, 0.15) is 0 Å². The van der Waals surface area contributed by atoms with Crippen molar-refractivity contribution in [3.05, 3.63) is 47.5 Å². The van der Waals surface area contributed by atoms with E-state index in [2.05, 4.69) is 59.9 Å². The van der Waals surface area contributed by atoms with E-state index in [1.807, 2.05) is 6.92 Å². The molecule has 0 aromatic heterocycles. The minimum atomic E-state index is 0.303. The van der Waals surface area contributed by atoms with E-state index in [-0.39, 0.29) is 0 Å². The maximum atomic E-state index is 5.83. The highest BCUT2D eigenvalue weighted by atomic mass is 16.5. The number of nitrogens with two attached hydrogens (primary N) is 1. The van der Waals surface area contributed by atoms with Crippen molar-refractivity contribution in [2.24, 2.45) is 10.7 Å². The number of ether oxygens (including phenoxy) is 1. The molecule has 0 radical (unpaired) electrons. The molecule has 1 saturated heterocycles. The topological polar surface area (TPSA) is 62.9 Å². The van der Waals surface area contributed by atoms with Crippen molar-refractivity contribution in [1.29, 1.82) is 0 Å². The van der Waals surface area contributed by atoms with E-state index in [1.54, 1.807) is 0 Å². The molecule has 1 aliphatic rings. The van der Waals surface area contributed by atoms with Crippen molar-refractivity contribution in [1.82, 2.24) is 10.2 Å². The number of hydrogen-bond donors (Lipinski definition) is 2. The number of nitrogens with one attached hydrogen (secondary N) is 1. The average molecular weight is 330 g/mol. The Morgan fingerprint density at radius 3 is 2.42 bits per heavy atom. The molecular weight excluding hydrogens is 300 g/mol. The van der Waals surface area contributed by atoms with Gasteiger partial charge in [0.25, 0.3) is 0 Å². The van der Waals surface area contributed by atoms with Gasteiger partial charge in [-0.05, 0) is 31.9 Å². The summed E-state index contributed by atoms with van der Waals surface area (Å²) in [7, 11) is 0. The molecule has 0 saturated carbocycles. The molecule has 2 atom stereocenters. The Balaban J connectivity index is 1.84. The predicted molar refractivity (Wildman–Crippen MR) is 99.9 cm³/mol. The third kappa shape index (κ3) is 6.34. The fourth-order valence-corrected chi connectivity index (χ4v) is 2.90. The van der Waals surface area contributed by atoms with Crippen molar-refractivity contribution in [2.45, 2.75) is 46.1 Å². The van der Waals surface area contributed by atoms with Crippen molar-refractivity contribution in [3.63, 3.8) is 0 Å². The van der Waals surface area contributed by atoms with Gasteiger partial charge in [0.05, 0.1) is 18.8 Å². The Bertz CT molecular complexity index is 557. The second-order valence-corrected chi connectivity index (χ2v) is 6.78. The lowest BCUT2D eigenvalue weighted by Gasteiger charge is -2.35. The van der Waals surface area contributed by atoms with E-state index < -0.39 is 0 Å². The molecule has 24 heavy (non-hydrogen) atoms. The Labute approximate surface area is 145 Å². The van der Waals surface area contributed by atoms with Gasteiger partial charge in [0.15, 0.2) is 5.96 Å². The monoisotopic (exact) mass is 330 g/mol. The number of rotatable bonds is 6. The van der Waals surface area contributed by atoms with Crippen LogP contribution >= 0.6 is 0 Å². The fraction of sp³-hybridized carbons (Fsp3) is 0.526. The lowest BCUT2D eigenvalue weighted by molar-refractivity contribution is -0.0704. The summed E-state index contributed by atoms with van der Waals surface area (Å²) < 4.78 is 5.78. The third-order valence-electron chi connectivity index (χ3n) is 3.93. The Hall–Kier alpha value is -1.85. The van der Waals surface area contributed by atoms with Crippen LogP contribution in [0.5, 0.6) is 0 Å². The average Bonchev–Trinajstić information content (AvgIpc) is 2.51. The van der Waals surface area contributed by atoms with Crippen LogP contribution in [0.2, 0.25) is 0 Å². The SMILES string of the molecule is C=C(C)CNC(N)=NCc1ccc(CN2CC(C)OC(C)C2)cc1. The quantitative estimate of drug-likeness (QED) is 0.477. The Kier molecular flexibility index (Phi) is 6.82. The molecule has 1 aromatic rings. The molecule has 5 heteroatoms. The van der Waals surface area contributed by atoms with Crippen molar-refractivity contribution in [3.8, 4) is 0 Å². The summed E-state index contributed by atoms with van der Waals surface area (Å²) in [6.07, 6.45) is 0.606. The van der Waals surface area contributed by atoms with E-state index in [0.29, 0.717) is 31.3 Å². The highest BCUT2D eigenvalue weighted by Gasteiger charge is 2.21. The molecule has 1 aliphatic heterocycles. The van der Waals surface area contributed by atoms with E-state index in [9.17, 15) is 0 Å². The molecule has 1 fully saturated rings. The van der Waals surface area contributed by atoms with Crippen LogP contribution in [0.1, 0.15) is 31.9 Å². The van der Waals surface area contributed by atoms with E-state index in [4.69, 9.17) is 10.5 Å². The van der Waals surface area contributed by atoms with Gasteiger partial charge in [-0.2, -0.15) is 0 Å². The van der Waals surface area contributed by atoms with Crippen LogP contribution in [0.15, 0.2) is 41.4 Å². The third-order valence-corrected chi connectivity index (χ3v) is 3.93. The molecule has 132 valence electrons. The van der Waals surface area contributed by atoms with Crippen LogP contribution in [0.3, 0.4) is 0 Å². The van der Waals surface area contributed by atoms with Gasteiger partial charge in [-0.3, -0.25) is 4.90 Å². The molecule has 0 bridgehead atoms. The van der Waals surface area contributed by atoms with Gasteiger partial charge in [0.2, 0.25) is 0 Å². The fourth-order valence-electron chi connectivity index (χ4n) is 2.90. The highest BCUT2D eigenvalue weighted by molar-refractivity contribution is 5.78. The van der Waals surface area contributed by atoms with Gasteiger partial charge in [0, 0.05) is 26.2 Å². The summed E-state index contributed by atoms with van der Waals surface area (Å²) >= 11 is 0. The van der Waals surface area contributed by atoms with Crippen molar-refractivity contribution >= 4 is 5.96 Å². The van der Waals surface area contributed by atoms with E-state index in [1.165, 1.54) is 5.56 Å². The first-order chi connectivity index (χ1) is 11.4. The first kappa shape index (κ1) is 18.5. The number of nitrogens with zero attached hydrogens (tertiary/aromatic N) is 2. The van der Waals surface area contributed by atoms with Gasteiger partial charge < -0.3 is 15.8 Å². The number of hydrogen-bond acceptors (Lipinski definition) is 3. The van der Waals surface area contributed by atoms with Crippen LogP contribution in [0, 0.1) is 0 Å². The summed E-state index contributed by atoms with van der Waals surface area (Å²) in [6, 6.07) is 8.59. The Morgan fingerprint density at radius 2 is 1.83 bits per heavy atom. The van der Waals surface area contributed by atoms with Crippen LogP contribution in [-0.2, 0) is 17.8 Å². The largest absolute Gasteiger partial charge is 0.373 e. The predicted octanol–water partition coefficient (Wildman–Crippen LogP) is 2.28. The molecule has 3 N–H and O–H groups in total. The lowest BCUT2D eigenvalue weighted by Crippen LogP contribution is -2.44. The number of morpholine rings is 1. The molecule has 0 amide bonds. The molecule has 1 aromatic carbocycles. The van der Waals surface area contributed by atoms with Crippen LogP contribution in [0.4, 0.5) is 0 Å². The molecule has 0 spiro atoms. The normalized spacial score (nSPS) is 22.4. The zero-order chi connectivity index (χ0) is 17.5. The minimum absolute atomic E-state index is 0.303. The van der Waals surface area contributed by atoms with Crippen LogP contribution < -0.4 is 11.1 Å². The maximum absolute atomic E-state index is 5.83. The molecule has 2 unspecified atom stereocenters. The zero-order valence-corrected chi connectivity index (χ0v) is 15.1. The first-order valence-corrected chi connectivity index (χ1v) is 8.56. The smallest absolute Gasteiger partial charge is 0.189 e. The number of aliphatic imine (C=N–C) groups is 1. The van der Waals surface area contributed by atoms with Gasteiger partial charge in [-0.25, -0.2) is 4.99 Å². The summed E-state index contributed by atoms with van der Waals surface area (Å²) in [4.78, 5) is 6.80. The Morgan fingerprint density at radius 1 is 1.25 bits per heavy atom. The van der Waals surface area contributed by atoms with Crippen LogP contribution in [0.25, 0.3) is 0 Å². The van der Waals surface area contributed by atoms with Crippen molar-refractivity contribution < 1.29 is 4.74 Å². The van der Waals surface area contributed by atoms with E-state index in [0.717, 1.165) is 30.8 Å². The van der Waals surface area contributed by atoms with E-state index >= 15 is 0 Å². The molecule has 5 nitrogen and oxygen atoms in total. The first-order valence-electron chi connectivity index (χ1n) is 8.56. The number of guanidine groups is 1. The molecule has 0 aliphatic carbocycles. The van der Waals surface area contributed by atoms with Gasteiger partial charge >= 0.3 is 0 Å². The summed E-state index contributed by atoms with van der Waals surface area (Å²) in [6.45, 7) is 14.2. The second kappa shape index (κ2) is 8.85. The lowest BCUT2D eigenvalue weighted by atomic mass is 10.1.